The highest BCUT2D eigenvalue weighted by Gasteiger charge is 2.00. The fraction of sp³-hybridized carbons (Fsp3) is 1.00. The van der Waals surface area contributed by atoms with Crippen molar-refractivity contribution in [3.63, 3.8) is 0 Å². The summed E-state index contributed by atoms with van der Waals surface area (Å²) in [7, 11) is 0. The van der Waals surface area contributed by atoms with E-state index < -0.39 is 0 Å². The minimum Gasteiger partial charge on any atom is -0.127 e. The average molecular weight is 233 g/mol. The molecule has 1 heteroatoms. The smallest absolute Gasteiger partial charge is 0.0225 e. The van der Waals surface area contributed by atoms with E-state index in [1.54, 1.807) is 0 Å². The predicted octanol–water partition coefficient (Wildman–Crippen LogP) is 5.78. The van der Waals surface area contributed by atoms with Gasteiger partial charge in [0.25, 0.3) is 0 Å². The molecule has 0 aromatic heterocycles. The molecule has 1 atom stereocenters. The monoisotopic (exact) mass is 232 g/mol. The first-order chi connectivity index (χ1) is 7.31. The number of rotatable bonds is 11. The fourth-order valence-corrected chi connectivity index (χ4v) is 2.33. The molecule has 0 nitrogen and oxygen atoms in total. The van der Waals surface area contributed by atoms with Gasteiger partial charge in [-0.3, -0.25) is 0 Å². The fourth-order valence-electron chi connectivity index (χ4n) is 1.96. The van der Waals surface area contributed by atoms with Crippen LogP contribution in [0.25, 0.3) is 0 Å². The van der Waals surface area contributed by atoms with E-state index in [0.717, 1.165) is 11.8 Å². The van der Waals surface area contributed by atoms with Gasteiger partial charge in [0.05, 0.1) is 0 Å². The van der Waals surface area contributed by atoms with Crippen LogP contribution in [-0.2, 0) is 0 Å². The van der Waals surface area contributed by atoms with E-state index in [1.165, 1.54) is 64.2 Å². The first kappa shape index (κ1) is 15.3. The van der Waals surface area contributed by atoms with Crippen molar-refractivity contribution in [1.82, 2.24) is 0 Å². The van der Waals surface area contributed by atoms with Crippen molar-refractivity contribution in [3.8, 4) is 0 Å². The summed E-state index contributed by atoms with van der Waals surface area (Å²) in [5.41, 5.74) is 0. The van der Waals surface area contributed by atoms with Gasteiger partial charge < -0.3 is 0 Å². The Balaban J connectivity index is 2.98. The van der Waals surface area contributed by atoms with Crippen LogP contribution in [0.1, 0.15) is 78.1 Å². The lowest BCUT2D eigenvalue weighted by Crippen LogP contribution is -1.95. The van der Waals surface area contributed by atoms with E-state index in [0.29, 0.717) is 0 Å². The molecule has 0 fully saturated rings. The maximum atomic E-state index is 5.71. The van der Waals surface area contributed by atoms with Crippen LogP contribution in [0.5, 0.6) is 0 Å². The van der Waals surface area contributed by atoms with Crippen LogP contribution in [0.2, 0.25) is 0 Å². The minimum atomic E-state index is 0.832. The van der Waals surface area contributed by atoms with Gasteiger partial charge in [-0.05, 0) is 12.3 Å². The van der Waals surface area contributed by atoms with E-state index in [-0.39, 0.29) is 0 Å². The van der Waals surface area contributed by atoms with Crippen LogP contribution >= 0.6 is 11.6 Å². The van der Waals surface area contributed by atoms with Crippen molar-refractivity contribution in [2.24, 2.45) is 5.92 Å². The van der Waals surface area contributed by atoms with Crippen molar-refractivity contribution in [2.75, 3.05) is 5.88 Å². The average Bonchev–Trinajstić information content (AvgIpc) is 2.22. The SMILES string of the molecule is CCCCCCCCCCC(C)CCCl. The Morgan fingerprint density at radius 2 is 1.33 bits per heavy atom. The Bertz CT molecular complexity index is 112. The lowest BCUT2D eigenvalue weighted by molar-refractivity contribution is 0.471. The number of unbranched alkanes of at least 4 members (excludes halogenated alkanes) is 7. The highest BCUT2D eigenvalue weighted by atomic mass is 35.5. The molecule has 0 amide bonds. The van der Waals surface area contributed by atoms with Gasteiger partial charge in [0, 0.05) is 5.88 Å². The molecule has 1 unspecified atom stereocenters. The van der Waals surface area contributed by atoms with Gasteiger partial charge >= 0.3 is 0 Å². The van der Waals surface area contributed by atoms with E-state index in [2.05, 4.69) is 13.8 Å². The summed E-state index contributed by atoms with van der Waals surface area (Å²) in [6, 6.07) is 0. The van der Waals surface area contributed by atoms with Crippen LogP contribution < -0.4 is 0 Å². The molecule has 0 radical (unpaired) electrons. The van der Waals surface area contributed by atoms with Gasteiger partial charge in [0.15, 0.2) is 0 Å². The Kier molecular flexibility index (Phi) is 12.6. The maximum Gasteiger partial charge on any atom is 0.0225 e. The Hall–Kier alpha value is 0.290. The number of hydrogen-bond donors (Lipinski definition) is 0. The van der Waals surface area contributed by atoms with E-state index in [9.17, 15) is 0 Å². The van der Waals surface area contributed by atoms with Gasteiger partial charge in [-0.1, -0.05) is 71.6 Å². The topological polar surface area (TPSA) is 0 Å². The maximum absolute atomic E-state index is 5.71. The minimum absolute atomic E-state index is 0.832. The van der Waals surface area contributed by atoms with Gasteiger partial charge in [-0.2, -0.15) is 0 Å². The van der Waals surface area contributed by atoms with E-state index in [1.807, 2.05) is 0 Å². The zero-order valence-electron chi connectivity index (χ0n) is 10.7. The molecule has 0 aliphatic carbocycles. The molecule has 0 aliphatic heterocycles. The quantitative estimate of drug-likeness (QED) is 0.313. The number of hydrogen-bond acceptors (Lipinski definition) is 0. The van der Waals surface area contributed by atoms with Gasteiger partial charge in [0.1, 0.15) is 0 Å². The molecule has 0 saturated heterocycles. The molecule has 0 saturated carbocycles. The highest BCUT2D eigenvalue weighted by molar-refractivity contribution is 6.17. The van der Waals surface area contributed by atoms with Crippen molar-refractivity contribution in [2.45, 2.75) is 78.1 Å². The lowest BCUT2D eigenvalue weighted by Gasteiger charge is -2.08. The van der Waals surface area contributed by atoms with Gasteiger partial charge in [0.2, 0.25) is 0 Å². The van der Waals surface area contributed by atoms with Crippen molar-refractivity contribution < 1.29 is 0 Å². The first-order valence-corrected chi connectivity index (χ1v) is 7.40. The summed E-state index contributed by atoms with van der Waals surface area (Å²) >= 11 is 5.71. The summed E-state index contributed by atoms with van der Waals surface area (Å²) < 4.78 is 0. The molecule has 0 aromatic carbocycles. The third-order valence-electron chi connectivity index (χ3n) is 3.15. The Morgan fingerprint density at radius 1 is 0.800 bits per heavy atom. The molecule has 0 heterocycles. The Morgan fingerprint density at radius 3 is 1.87 bits per heavy atom. The summed E-state index contributed by atoms with van der Waals surface area (Å²) in [4.78, 5) is 0. The summed E-state index contributed by atoms with van der Waals surface area (Å²) in [6.07, 6.45) is 14.0. The van der Waals surface area contributed by atoms with Crippen molar-refractivity contribution >= 4 is 11.6 Å². The van der Waals surface area contributed by atoms with Gasteiger partial charge in [-0.25, -0.2) is 0 Å². The Labute approximate surface area is 102 Å². The summed E-state index contributed by atoms with van der Waals surface area (Å²) in [5, 5.41) is 0. The van der Waals surface area contributed by atoms with Crippen LogP contribution in [-0.4, -0.2) is 5.88 Å². The third kappa shape index (κ3) is 12.2. The molecular formula is C14H29Cl. The van der Waals surface area contributed by atoms with Crippen LogP contribution in [0.4, 0.5) is 0 Å². The third-order valence-corrected chi connectivity index (χ3v) is 3.37. The molecule has 0 aromatic rings. The molecule has 0 bridgehead atoms. The zero-order chi connectivity index (χ0) is 11.4. The zero-order valence-corrected chi connectivity index (χ0v) is 11.5. The predicted molar refractivity (Wildman–Crippen MR) is 71.7 cm³/mol. The van der Waals surface area contributed by atoms with Crippen molar-refractivity contribution in [3.05, 3.63) is 0 Å². The van der Waals surface area contributed by atoms with E-state index in [4.69, 9.17) is 11.6 Å². The molecular weight excluding hydrogens is 204 g/mol. The number of alkyl halides is 1. The molecule has 0 aliphatic rings. The molecule has 92 valence electrons. The van der Waals surface area contributed by atoms with Crippen LogP contribution in [0.3, 0.4) is 0 Å². The van der Waals surface area contributed by atoms with Gasteiger partial charge in [-0.15, -0.1) is 11.6 Å². The van der Waals surface area contributed by atoms with E-state index >= 15 is 0 Å². The molecule has 0 rings (SSSR count). The normalized spacial score (nSPS) is 13.0. The first-order valence-electron chi connectivity index (χ1n) is 6.87. The summed E-state index contributed by atoms with van der Waals surface area (Å²) in [5.74, 6) is 1.67. The highest BCUT2D eigenvalue weighted by Crippen LogP contribution is 2.15. The second kappa shape index (κ2) is 12.4. The van der Waals surface area contributed by atoms with Crippen LogP contribution in [0.15, 0.2) is 0 Å². The number of halogens is 1. The lowest BCUT2D eigenvalue weighted by atomic mass is 9.99. The largest absolute Gasteiger partial charge is 0.127 e. The molecule has 0 N–H and O–H groups in total. The van der Waals surface area contributed by atoms with Crippen LogP contribution in [0, 0.1) is 5.92 Å². The molecule has 0 spiro atoms. The molecule has 15 heavy (non-hydrogen) atoms. The van der Waals surface area contributed by atoms with Crippen molar-refractivity contribution in [1.29, 1.82) is 0 Å². The standard InChI is InChI=1S/C14H29Cl/c1-3-4-5-6-7-8-9-10-11-14(2)12-13-15/h14H,3-13H2,1-2H3. The second-order valence-corrected chi connectivity index (χ2v) is 5.22. The summed E-state index contributed by atoms with van der Waals surface area (Å²) in [6.45, 7) is 4.60. The second-order valence-electron chi connectivity index (χ2n) is 4.85.